The number of aryl methyl sites for hydroxylation is 2. The van der Waals surface area contributed by atoms with Crippen LogP contribution in [0.1, 0.15) is 18.4 Å². The van der Waals surface area contributed by atoms with Gasteiger partial charge in [-0.1, -0.05) is 12.1 Å². The molecule has 0 bridgehead atoms. The number of unbranched alkanes of at least 4 members (excludes halogenated alkanes) is 1. The van der Waals surface area contributed by atoms with Crippen LogP contribution >= 0.6 is 12.2 Å². The average molecular weight is 250 g/mol. The second kappa shape index (κ2) is 5.47. The van der Waals surface area contributed by atoms with E-state index in [2.05, 4.69) is 34.7 Å². The number of methoxy groups -OCH3 is 1. The molecule has 0 amide bonds. The van der Waals surface area contributed by atoms with Crippen LogP contribution in [0.4, 0.5) is 0 Å². The normalized spacial score (nSPS) is 11.2. The molecule has 0 aliphatic carbocycles. The molecule has 0 aliphatic rings. The zero-order chi connectivity index (χ0) is 12.3. The molecular weight excluding hydrogens is 232 g/mol. The van der Waals surface area contributed by atoms with Crippen LogP contribution in [-0.2, 0) is 11.3 Å². The summed E-state index contributed by atoms with van der Waals surface area (Å²) >= 11 is 5.37. The van der Waals surface area contributed by atoms with Gasteiger partial charge in [-0.25, -0.2) is 0 Å². The number of nitrogens with one attached hydrogen (secondary N) is 1. The number of hydrogen-bond acceptors (Lipinski definition) is 2. The van der Waals surface area contributed by atoms with Crippen molar-refractivity contribution >= 4 is 23.3 Å². The molecule has 4 heteroatoms. The number of H-pyrrole nitrogens is 1. The zero-order valence-electron chi connectivity index (χ0n) is 10.3. The summed E-state index contributed by atoms with van der Waals surface area (Å²) < 4.78 is 8.04. The molecule has 2 aromatic rings. The van der Waals surface area contributed by atoms with E-state index in [0.717, 1.165) is 36.3 Å². The molecule has 0 aliphatic heterocycles. The van der Waals surface area contributed by atoms with Crippen molar-refractivity contribution in [1.82, 2.24) is 9.55 Å². The highest BCUT2D eigenvalue weighted by atomic mass is 32.1. The maximum atomic E-state index is 5.37. The van der Waals surface area contributed by atoms with Gasteiger partial charge in [0.1, 0.15) is 0 Å². The summed E-state index contributed by atoms with van der Waals surface area (Å²) in [5.74, 6) is 0. The van der Waals surface area contributed by atoms with Crippen LogP contribution in [0.2, 0.25) is 0 Å². The van der Waals surface area contributed by atoms with E-state index in [-0.39, 0.29) is 0 Å². The Hall–Kier alpha value is -1.13. The number of benzene rings is 1. The third kappa shape index (κ3) is 2.58. The Morgan fingerprint density at radius 3 is 2.94 bits per heavy atom. The van der Waals surface area contributed by atoms with Gasteiger partial charge in [0.05, 0.1) is 11.0 Å². The van der Waals surface area contributed by atoms with Gasteiger partial charge < -0.3 is 14.3 Å². The van der Waals surface area contributed by atoms with Crippen molar-refractivity contribution in [3.05, 3.63) is 28.5 Å². The molecule has 1 N–H and O–H groups in total. The van der Waals surface area contributed by atoms with Gasteiger partial charge in [0.25, 0.3) is 0 Å². The first-order valence-electron chi connectivity index (χ1n) is 5.91. The minimum absolute atomic E-state index is 0.812. The van der Waals surface area contributed by atoms with Crippen molar-refractivity contribution in [2.24, 2.45) is 0 Å². The Bertz CT molecular complexity index is 556. The van der Waals surface area contributed by atoms with Crippen LogP contribution in [0.5, 0.6) is 0 Å². The van der Waals surface area contributed by atoms with E-state index in [1.807, 2.05) is 0 Å². The number of aromatic amines is 1. The molecule has 92 valence electrons. The minimum atomic E-state index is 0.812. The van der Waals surface area contributed by atoms with Crippen molar-refractivity contribution in [2.45, 2.75) is 26.3 Å². The standard InChI is InChI=1S/C13H18N2OS/c1-10-6-5-7-11-12(10)14-13(17)15(11)8-3-4-9-16-2/h5-7H,3-4,8-9H2,1-2H3,(H,14,17). The van der Waals surface area contributed by atoms with Gasteiger partial charge in [-0.2, -0.15) is 0 Å². The molecule has 0 radical (unpaired) electrons. The van der Waals surface area contributed by atoms with Gasteiger partial charge in [-0.3, -0.25) is 0 Å². The number of imidazole rings is 1. The highest BCUT2D eigenvalue weighted by molar-refractivity contribution is 7.71. The maximum Gasteiger partial charge on any atom is 0.178 e. The third-order valence-electron chi connectivity index (χ3n) is 3.00. The summed E-state index contributed by atoms with van der Waals surface area (Å²) in [6.45, 7) is 3.86. The van der Waals surface area contributed by atoms with Crippen molar-refractivity contribution in [3.8, 4) is 0 Å². The lowest BCUT2D eigenvalue weighted by molar-refractivity contribution is 0.191. The Labute approximate surface area is 106 Å². The van der Waals surface area contributed by atoms with E-state index in [4.69, 9.17) is 17.0 Å². The number of aromatic nitrogens is 2. The van der Waals surface area contributed by atoms with Gasteiger partial charge in [-0.15, -0.1) is 0 Å². The lowest BCUT2D eigenvalue weighted by Crippen LogP contribution is -1.99. The molecule has 0 atom stereocenters. The molecule has 1 aromatic carbocycles. The zero-order valence-corrected chi connectivity index (χ0v) is 11.1. The number of nitrogens with zero attached hydrogens (tertiary/aromatic N) is 1. The van der Waals surface area contributed by atoms with Crippen LogP contribution < -0.4 is 0 Å². The predicted molar refractivity (Wildman–Crippen MR) is 73.0 cm³/mol. The summed E-state index contributed by atoms with van der Waals surface area (Å²) in [4.78, 5) is 3.28. The molecule has 0 fully saturated rings. The first kappa shape index (κ1) is 12.3. The molecule has 1 heterocycles. The molecule has 0 unspecified atom stereocenters. The number of hydrogen-bond donors (Lipinski definition) is 1. The fourth-order valence-corrected chi connectivity index (χ4v) is 2.35. The van der Waals surface area contributed by atoms with E-state index in [9.17, 15) is 0 Å². The van der Waals surface area contributed by atoms with Crippen molar-refractivity contribution in [3.63, 3.8) is 0 Å². The van der Waals surface area contributed by atoms with Gasteiger partial charge in [0.15, 0.2) is 4.77 Å². The molecule has 17 heavy (non-hydrogen) atoms. The van der Waals surface area contributed by atoms with Gasteiger partial charge in [0, 0.05) is 20.3 Å². The number of rotatable bonds is 5. The van der Waals surface area contributed by atoms with Crippen molar-refractivity contribution in [2.75, 3.05) is 13.7 Å². The highest BCUT2D eigenvalue weighted by Crippen LogP contribution is 2.18. The maximum absolute atomic E-state index is 5.37. The molecular formula is C13H18N2OS. The van der Waals surface area contributed by atoms with E-state index < -0.39 is 0 Å². The number of para-hydroxylation sites is 1. The minimum Gasteiger partial charge on any atom is -0.385 e. The number of fused-ring (bicyclic) bond motifs is 1. The lowest BCUT2D eigenvalue weighted by atomic mass is 10.2. The predicted octanol–water partition coefficient (Wildman–Crippen LogP) is 3.43. The van der Waals surface area contributed by atoms with Crippen LogP contribution in [0.15, 0.2) is 18.2 Å². The SMILES string of the molecule is COCCCCn1c(=S)[nH]c2c(C)cccc21. The Morgan fingerprint density at radius 1 is 1.35 bits per heavy atom. The Kier molecular flexibility index (Phi) is 3.97. The average Bonchev–Trinajstić information content (AvgIpc) is 2.63. The van der Waals surface area contributed by atoms with E-state index >= 15 is 0 Å². The molecule has 0 spiro atoms. The van der Waals surface area contributed by atoms with Gasteiger partial charge in [0.2, 0.25) is 0 Å². The summed E-state index contributed by atoms with van der Waals surface area (Å²) in [6, 6.07) is 6.29. The van der Waals surface area contributed by atoms with Crippen molar-refractivity contribution < 1.29 is 4.74 Å². The largest absolute Gasteiger partial charge is 0.385 e. The quantitative estimate of drug-likeness (QED) is 0.651. The second-order valence-corrected chi connectivity index (χ2v) is 4.64. The molecule has 2 rings (SSSR count). The molecule has 0 saturated heterocycles. The lowest BCUT2D eigenvalue weighted by Gasteiger charge is -2.04. The van der Waals surface area contributed by atoms with Crippen LogP contribution in [0.25, 0.3) is 11.0 Å². The van der Waals surface area contributed by atoms with Crippen LogP contribution in [0.3, 0.4) is 0 Å². The first-order chi connectivity index (χ1) is 8.24. The van der Waals surface area contributed by atoms with E-state index in [0.29, 0.717) is 0 Å². The molecule has 0 saturated carbocycles. The first-order valence-corrected chi connectivity index (χ1v) is 6.32. The van der Waals surface area contributed by atoms with Crippen molar-refractivity contribution in [1.29, 1.82) is 0 Å². The summed E-state index contributed by atoms with van der Waals surface area (Å²) in [7, 11) is 1.74. The molecule has 1 aromatic heterocycles. The van der Waals surface area contributed by atoms with E-state index in [1.165, 1.54) is 11.1 Å². The summed E-state index contributed by atoms with van der Waals surface area (Å²) in [5, 5.41) is 0. The number of ether oxygens (including phenoxy) is 1. The van der Waals surface area contributed by atoms with Gasteiger partial charge in [-0.05, 0) is 43.6 Å². The summed E-state index contributed by atoms with van der Waals surface area (Å²) in [6.07, 6.45) is 2.15. The smallest absolute Gasteiger partial charge is 0.178 e. The van der Waals surface area contributed by atoms with Crippen LogP contribution in [-0.4, -0.2) is 23.3 Å². The highest BCUT2D eigenvalue weighted by Gasteiger charge is 2.05. The Balaban J connectivity index is 2.25. The topological polar surface area (TPSA) is 29.9 Å². The van der Waals surface area contributed by atoms with E-state index in [1.54, 1.807) is 7.11 Å². The summed E-state index contributed by atoms with van der Waals surface area (Å²) in [5.41, 5.74) is 3.60. The molecule has 3 nitrogen and oxygen atoms in total. The van der Waals surface area contributed by atoms with Gasteiger partial charge >= 0.3 is 0 Å². The van der Waals surface area contributed by atoms with Crippen LogP contribution in [0, 0.1) is 11.7 Å². The fraction of sp³-hybridized carbons (Fsp3) is 0.462. The fourth-order valence-electron chi connectivity index (χ4n) is 2.06. The Morgan fingerprint density at radius 2 is 2.18 bits per heavy atom. The monoisotopic (exact) mass is 250 g/mol. The third-order valence-corrected chi connectivity index (χ3v) is 3.32. The second-order valence-electron chi connectivity index (χ2n) is 4.25.